The van der Waals surface area contributed by atoms with E-state index in [9.17, 15) is 24.0 Å². The molecule has 0 aromatic heterocycles. The number of Topliss-reactive ketones (excluding diaryl/α,β-unsaturated/α-hetero) is 1. The van der Waals surface area contributed by atoms with Crippen LogP contribution in [-0.2, 0) is 23.9 Å². The SMILES string of the molecule is CC1C[C@H]2CN(C(=O)[C@@H](NC(=O)OC(C)(C)C)C(C)(C)C)[C@H](C(=O)NC(CC3CCC3)C(=O)C(N)=O)[C@H]2CC1C. The summed E-state index contributed by atoms with van der Waals surface area (Å²) in [4.78, 5) is 67.1. The molecule has 226 valence electrons. The van der Waals surface area contributed by atoms with Gasteiger partial charge >= 0.3 is 6.09 Å². The molecular formula is C30H50N4O6. The normalized spacial score (nSPS) is 28.5. The van der Waals surface area contributed by atoms with Crippen LogP contribution < -0.4 is 16.4 Å². The van der Waals surface area contributed by atoms with Crippen molar-refractivity contribution in [1.29, 1.82) is 0 Å². The van der Waals surface area contributed by atoms with Gasteiger partial charge in [0.15, 0.2) is 0 Å². The molecule has 3 unspecified atom stereocenters. The van der Waals surface area contributed by atoms with Crippen LogP contribution in [0.4, 0.5) is 4.79 Å². The zero-order valence-corrected chi connectivity index (χ0v) is 25.5. The predicted octanol–water partition coefficient (Wildman–Crippen LogP) is 3.16. The zero-order chi connectivity index (χ0) is 30.2. The Hall–Kier alpha value is -2.65. The maximum atomic E-state index is 14.2. The van der Waals surface area contributed by atoms with Crippen molar-refractivity contribution in [1.82, 2.24) is 15.5 Å². The molecule has 3 aliphatic rings. The molecule has 1 heterocycles. The van der Waals surface area contributed by atoms with Gasteiger partial charge in [-0.05, 0) is 75.0 Å². The number of likely N-dealkylation sites (tertiary alicyclic amines) is 1. The smallest absolute Gasteiger partial charge is 0.408 e. The Bertz CT molecular complexity index is 995. The van der Waals surface area contributed by atoms with Crippen molar-refractivity contribution in [2.45, 2.75) is 118 Å². The minimum atomic E-state index is -1.07. The molecule has 2 saturated carbocycles. The second-order valence-electron chi connectivity index (χ2n) is 14.6. The molecule has 0 aromatic rings. The summed E-state index contributed by atoms with van der Waals surface area (Å²) in [6.45, 7) is 15.6. The summed E-state index contributed by atoms with van der Waals surface area (Å²) in [5.41, 5.74) is 3.93. The molecule has 10 nitrogen and oxygen atoms in total. The standard InChI is InChI=1S/C30H50N4O6/c1-16-12-19-15-34(27(38)24(29(3,4)5)33-28(39)40-30(6,7)8)22(20(19)13-17(16)2)26(37)32-21(23(35)25(31)36)14-18-10-9-11-18/h16-22,24H,9-15H2,1-8H3,(H2,31,36)(H,32,37)(H,33,39)/t16?,17?,19-,20-,21?,22-,24+/m0/s1. The van der Waals surface area contributed by atoms with Crippen molar-refractivity contribution >= 4 is 29.6 Å². The molecule has 0 aromatic carbocycles. The molecule has 0 radical (unpaired) electrons. The lowest BCUT2D eigenvalue weighted by Gasteiger charge is -2.38. The fourth-order valence-electron chi connectivity index (χ4n) is 6.46. The molecule has 3 rings (SSSR count). The zero-order valence-electron chi connectivity index (χ0n) is 25.5. The van der Waals surface area contributed by atoms with E-state index in [1.165, 1.54) is 0 Å². The number of hydrogen-bond donors (Lipinski definition) is 3. The van der Waals surface area contributed by atoms with Gasteiger partial charge in [-0.3, -0.25) is 19.2 Å². The summed E-state index contributed by atoms with van der Waals surface area (Å²) in [5.74, 6) is -1.59. The third-order valence-electron chi connectivity index (χ3n) is 9.06. The third kappa shape index (κ3) is 7.55. The molecular weight excluding hydrogens is 512 g/mol. The van der Waals surface area contributed by atoms with Gasteiger partial charge in [0.1, 0.15) is 17.7 Å². The van der Waals surface area contributed by atoms with Crippen LogP contribution in [0.5, 0.6) is 0 Å². The molecule has 3 fully saturated rings. The van der Waals surface area contributed by atoms with E-state index >= 15 is 0 Å². The minimum Gasteiger partial charge on any atom is -0.444 e. The molecule has 2 aliphatic carbocycles. The monoisotopic (exact) mass is 562 g/mol. The van der Waals surface area contributed by atoms with E-state index in [-0.39, 0.29) is 23.7 Å². The Morgan fingerprint density at radius 2 is 1.55 bits per heavy atom. The number of ether oxygens (including phenoxy) is 1. The number of amides is 4. The molecule has 1 aliphatic heterocycles. The van der Waals surface area contributed by atoms with E-state index in [0.29, 0.717) is 24.8 Å². The van der Waals surface area contributed by atoms with Crippen LogP contribution >= 0.6 is 0 Å². The lowest BCUT2D eigenvalue weighted by atomic mass is 9.69. The molecule has 1 saturated heterocycles. The maximum absolute atomic E-state index is 14.2. The van der Waals surface area contributed by atoms with Gasteiger partial charge in [0.2, 0.25) is 17.6 Å². The highest BCUT2D eigenvalue weighted by atomic mass is 16.6. The number of nitrogens with two attached hydrogens (primary N) is 1. The summed E-state index contributed by atoms with van der Waals surface area (Å²) < 4.78 is 5.45. The van der Waals surface area contributed by atoms with Gasteiger partial charge in [-0.15, -0.1) is 0 Å². The van der Waals surface area contributed by atoms with Crippen molar-refractivity contribution in [2.24, 2.45) is 40.7 Å². The highest BCUT2D eigenvalue weighted by Crippen LogP contribution is 2.46. The molecule has 4 N–H and O–H groups in total. The van der Waals surface area contributed by atoms with Crippen LogP contribution in [0.3, 0.4) is 0 Å². The van der Waals surface area contributed by atoms with Crippen molar-refractivity contribution in [3.8, 4) is 0 Å². The van der Waals surface area contributed by atoms with Crippen molar-refractivity contribution in [2.75, 3.05) is 6.54 Å². The molecule has 10 heteroatoms. The third-order valence-corrected chi connectivity index (χ3v) is 9.06. The van der Waals surface area contributed by atoms with Crippen LogP contribution in [0, 0.1) is 35.0 Å². The molecule has 40 heavy (non-hydrogen) atoms. The van der Waals surface area contributed by atoms with Crippen molar-refractivity contribution < 1.29 is 28.7 Å². The second kappa shape index (κ2) is 12.1. The number of rotatable bonds is 8. The van der Waals surface area contributed by atoms with E-state index in [1.54, 1.807) is 25.7 Å². The van der Waals surface area contributed by atoms with Gasteiger partial charge in [-0.25, -0.2) is 4.79 Å². The first-order chi connectivity index (χ1) is 18.4. The Morgan fingerprint density at radius 3 is 2.05 bits per heavy atom. The Kier molecular flexibility index (Phi) is 9.62. The van der Waals surface area contributed by atoms with E-state index in [4.69, 9.17) is 10.5 Å². The first-order valence-electron chi connectivity index (χ1n) is 14.8. The van der Waals surface area contributed by atoms with Gasteiger partial charge in [0.05, 0.1) is 6.04 Å². The summed E-state index contributed by atoms with van der Waals surface area (Å²) in [5, 5.41) is 5.60. The van der Waals surface area contributed by atoms with Crippen molar-refractivity contribution in [3.05, 3.63) is 0 Å². The highest BCUT2D eigenvalue weighted by Gasteiger charge is 2.53. The topological polar surface area (TPSA) is 148 Å². The van der Waals surface area contributed by atoms with Gasteiger partial charge in [0.25, 0.3) is 5.91 Å². The lowest BCUT2D eigenvalue weighted by molar-refractivity contribution is -0.144. The fraction of sp³-hybridized carbons (Fsp3) is 0.833. The lowest BCUT2D eigenvalue weighted by Crippen LogP contribution is -2.60. The van der Waals surface area contributed by atoms with Crippen molar-refractivity contribution in [3.63, 3.8) is 0 Å². The number of carbonyl (C=O) groups is 5. The first kappa shape index (κ1) is 31.9. The summed E-state index contributed by atoms with van der Waals surface area (Å²) in [7, 11) is 0. The average molecular weight is 563 g/mol. The maximum Gasteiger partial charge on any atom is 0.408 e. The number of ketones is 1. The molecule has 0 bridgehead atoms. The van der Waals surface area contributed by atoms with Crippen LogP contribution in [0.2, 0.25) is 0 Å². The van der Waals surface area contributed by atoms with E-state index in [1.807, 2.05) is 20.8 Å². The van der Waals surface area contributed by atoms with Gasteiger partial charge < -0.3 is 26.0 Å². The van der Waals surface area contributed by atoms with Gasteiger partial charge in [-0.1, -0.05) is 53.9 Å². The number of alkyl carbamates (subject to hydrolysis) is 1. The van der Waals surface area contributed by atoms with Gasteiger partial charge in [-0.2, -0.15) is 0 Å². The average Bonchev–Trinajstić information content (AvgIpc) is 3.14. The Morgan fingerprint density at radius 1 is 0.950 bits per heavy atom. The molecule has 7 atom stereocenters. The molecule has 4 amide bonds. The first-order valence-corrected chi connectivity index (χ1v) is 14.8. The Labute approximate surface area is 238 Å². The van der Waals surface area contributed by atoms with Gasteiger partial charge in [0, 0.05) is 6.54 Å². The number of nitrogens with zero attached hydrogens (tertiary/aromatic N) is 1. The number of nitrogens with one attached hydrogen (secondary N) is 2. The largest absolute Gasteiger partial charge is 0.444 e. The number of primary amides is 1. The van der Waals surface area contributed by atoms with E-state index in [0.717, 1.165) is 32.1 Å². The summed E-state index contributed by atoms with van der Waals surface area (Å²) >= 11 is 0. The van der Waals surface area contributed by atoms with Crippen LogP contribution in [-0.4, -0.2) is 64.8 Å². The quantitative estimate of drug-likeness (QED) is 0.387. The van der Waals surface area contributed by atoms with E-state index in [2.05, 4.69) is 24.5 Å². The van der Waals surface area contributed by atoms with Crippen LogP contribution in [0.15, 0.2) is 0 Å². The highest BCUT2D eigenvalue weighted by molar-refractivity contribution is 6.37. The van der Waals surface area contributed by atoms with E-state index < -0.39 is 52.8 Å². The number of hydrogen-bond acceptors (Lipinski definition) is 6. The number of fused-ring (bicyclic) bond motifs is 1. The summed E-state index contributed by atoms with van der Waals surface area (Å²) in [6, 6.07) is -2.77. The summed E-state index contributed by atoms with van der Waals surface area (Å²) in [6.07, 6.45) is 4.25. The second-order valence-corrected chi connectivity index (χ2v) is 14.6. The minimum absolute atomic E-state index is 0.0923. The van der Waals surface area contributed by atoms with Crippen LogP contribution in [0.25, 0.3) is 0 Å². The fourth-order valence-corrected chi connectivity index (χ4v) is 6.46. The Balaban J connectivity index is 1.91. The van der Waals surface area contributed by atoms with Crippen LogP contribution in [0.1, 0.15) is 93.9 Å². The number of carbonyl (C=O) groups excluding carboxylic acids is 5. The predicted molar refractivity (Wildman–Crippen MR) is 151 cm³/mol. The molecule has 0 spiro atoms.